The Morgan fingerprint density at radius 1 is 1.14 bits per heavy atom. The standard InChI is InChI=1S/C16H23NO4/c1-3-19-13-7-9-14(10-8-13)21-11-15(16(18)20-4-2)17-12-5-6-12/h7-10,12,15,17H,3-6,11H2,1-2H3. The van der Waals surface area contributed by atoms with Crippen molar-refractivity contribution in [3.8, 4) is 11.5 Å². The highest BCUT2D eigenvalue weighted by molar-refractivity contribution is 5.76. The normalized spacial score (nSPS) is 15.3. The summed E-state index contributed by atoms with van der Waals surface area (Å²) in [6.45, 7) is 5.03. The maximum atomic E-state index is 11.9. The molecule has 0 saturated heterocycles. The number of hydrogen-bond acceptors (Lipinski definition) is 5. The molecule has 1 saturated carbocycles. The van der Waals surface area contributed by atoms with Gasteiger partial charge in [0, 0.05) is 6.04 Å². The van der Waals surface area contributed by atoms with Gasteiger partial charge in [-0.05, 0) is 51.0 Å². The summed E-state index contributed by atoms with van der Waals surface area (Å²) < 4.78 is 16.1. The number of nitrogens with one attached hydrogen (secondary N) is 1. The predicted octanol–water partition coefficient (Wildman–Crippen LogP) is 2.15. The van der Waals surface area contributed by atoms with Crippen molar-refractivity contribution in [3.05, 3.63) is 24.3 Å². The Labute approximate surface area is 125 Å². The Hall–Kier alpha value is -1.75. The van der Waals surface area contributed by atoms with E-state index >= 15 is 0 Å². The molecule has 5 nitrogen and oxygen atoms in total. The summed E-state index contributed by atoms with van der Waals surface area (Å²) in [5, 5.41) is 3.25. The number of carbonyl (C=O) groups excluding carboxylic acids is 1. The third-order valence-electron chi connectivity index (χ3n) is 3.14. The van der Waals surface area contributed by atoms with Crippen molar-refractivity contribution in [2.75, 3.05) is 19.8 Å². The monoisotopic (exact) mass is 293 g/mol. The summed E-state index contributed by atoms with van der Waals surface area (Å²) in [5.41, 5.74) is 0. The quantitative estimate of drug-likeness (QED) is 0.707. The molecule has 1 aliphatic carbocycles. The van der Waals surface area contributed by atoms with Gasteiger partial charge in [-0.1, -0.05) is 0 Å². The topological polar surface area (TPSA) is 56.8 Å². The molecule has 0 aromatic heterocycles. The first-order valence-electron chi connectivity index (χ1n) is 7.51. The van der Waals surface area contributed by atoms with Gasteiger partial charge in [-0.15, -0.1) is 0 Å². The Morgan fingerprint density at radius 3 is 2.29 bits per heavy atom. The molecular weight excluding hydrogens is 270 g/mol. The Morgan fingerprint density at radius 2 is 1.76 bits per heavy atom. The van der Waals surface area contributed by atoms with Gasteiger partial charge in [-0.3, -0.25) is 10.1 Å². The van der Waals surface area contributed by atoms with Crippen LogP contribution in [0, 0.1) is 0 Å². The largest absolute Gasteiger partial charge is 0.494 e. The lowest BCUT2D eigenvalue weighted by molar-refractivity contribution is -0.146. The van der Waals surface area contributed by atoms with Crippen LogP contribution in [0.2, 0.25) is 0 Å². The summed E-state index contributed by atoms with van der Waals surface area (Å²) in [5.74, 6) is 1.27. The number of carbonyl (C=O) groups is 1. The Bertz CT molecular complexity index is 442. The second-order valence-corrected chi connectivity index (χ2v) is 4.96. The van der Waals surface area contributed by atoms with E-state index in [-0.39, 0.29) is 12.6 Å². The number of benzene rings is 1. The van der Waals surface area contributed by atoms with Crippen LogP contribution in [0.3, 0.4) is 0 Å². The lowest BCUT2D eigenvalue weighted by Gasteiger charge is -2.17. The molecule has 116 valence electrons. The molecule has 1 aromatic carbocycles. The summed E-state index contributed by atoms with van der Waals surface area (Å²) in [7, 11) is 0. The molecular formula is C16H23NO4. The van der Waals surface area contributed by atoms with Crippen LogP contribution in [0.4, 0.5) is 0 Å². The average molecular weight is 293 g/mol. The predicted molar refractivity (Wildman–Crippen MR) is 79.7 cm³/mol. The fourth-order valence-electron chi connectivity index (χ4n) is 1.94. The van der Waals surface area contributed by atoms with Crippen molar-refractivity contribution in [1.82, 2.24) is 5.32 Å². The van der Waals surface area contributed by atoms with E-state index in [1.54, 1.807) is 6.92 Å². The van der Waals surface area contributed by atoms with Gasteiger partial charge in [-0.2, -0.15) is 0 Å². The first kappa shape index (κ1) is 15.6. The third-order valence-corrected chi connectivity index (χ3v) is 3.14. The van der Waals surface area contributed by atoms with Gasteiger partial charge in [0.25, 0.3) is 0 Å². The molecule has 1 atom stereocenters. The molecule has 0 aliphatic heterocycles. The van der Waals surface area contributed by atoms with Gasteiger partial charge < -0.3 is 14.2 Å². The van der Waals surface area contributed by atoms with Crippen LogP contribution in [0.15, 0.2) is 24.3 Å². The van der Waals surface area contributed by atoms with Crippen LogP contribution >= 0.6 is 0 Å². The van der Waals surface area contributed by atoms with Crippen LogP contribution in [0.5, 0.6) is 11.5 Å². The summed E-state index contributed by atoms with van der Waals surface area (Å²) in [4.78, 5) is 11.9. The SMILES string of the molecule is CCOC(=O)C(COc1ccc(OCC)cc1)NC1CC1. The van der Waals surface area contributed by atoms with Crippen LogP contribution in [0.1, 0.15) is 26.7 Å². The zero-order valence-electron chi connectivity index (χ0n) is 12.6. The van der Waals surface area contributed by atoms with Gasteiger partial charge in [0.05, 0.1) is 13.2 Å². The molecule has 1 unspecified atom stereocenters. The van der Waals surface area contributed by atoms with E-state index in [1.165, 1.54) is 0 Å². The van der Waals surface area contributed by atoms with Crippen molar-refractivity contribution >= 4 is 5.97 Å². The number of esters is 1. The number of hydrogen-bond donors (Lipinski definition) is 1. The van der Waals surface area contributed by atoms with Crippen molar-refractivity contribution in [1.29, 1.82) is 0 Å². The number of ether oxygens (including phenoxy) is 3. The molecule has 0 spiro atoms. The van der Waals surface area contributed by atoms with Crippen molar-refractivity contribution in [2.45, 2.75) is 38.8 Å². The zero-order valence-corrected chi connectivity index (χ0v) is 12.6. The Kier molecular flexibility index (Phi) is 5.87. The highest BCUT2D eigenvalue weighted by atomic mass is 16.5. The van der Waals surface area contributed by atoms with E-state index in [4.69, 9.17) is 14.2 Å². The maximum absolute atomic E-state index is 11.9. The molecule has 21 heavy (non-hydrogen) atoms. The molecule has 0 radical (unpaired) electrons. The lowest BCUT2D eigenvalue weighted by atomic mass is 10.3. The highest BCUT2D eigenvalue weighted by Crippen LogP contribution is 2.21. The molecule has 1 aliphatic rings. The molecule has 1 aromatic rings. The van der Waals surface area contributed by atoms with E-state index in [0.29, 0.717) is 25.0 Å². The molecule has 1 fully saturated rings. The average Bonchev–Trinajstić information content (AvgIpc) is 3.29. The fourth-order valence-corrected chi connectivity index (χ4v) is 1.94. The summed E-state index contributed by atoms with van der Waals surface area (Å²) in [6, 6.07) is 7.39. The van der Waals surface area contributed by atoms with E-state index in [2.05, 4.69) is 5.32 Å². The summed E-state index contributed by atoms with van der Waals surface area (Å²) in [6.07, 6.45) is 2.22. The van der Waals surface area contributed by atoms with Crippen LogP contribution in [0.25, 0.3) is 0 Å². The van der Waals surface area contributed by atoms with Crippen LogP contribution < -0.4 is 14.8 Å². The van der Waals surface area contributed by atoms with Gasteiger partial charge in [-0.25, -0.2) is 0 Å². The first-order valence-corrected chi connectivity index (χ1v) is 7.51. The minimum absolute atomic E-state index is 0.254. The summed E-state index contributed by atoms with van der Waals surface area (Å²) >= 11 is 0. The van der Waals surface area contributed by atoms with Gasteiger partial charge >= 0.3 is 5.97 Å². The minimum Gasteiger partial charge on any atom is -0.494 e. The highest BCUT2D eigenvalue weighted by Gasteiger charge is 2.29. The molecule has 0 amide bonds. The van der Waals surface area contributed by atoms with E-state index < -0.39 is 6.04 Å². The number of rotatable bonds is 9. The van der Waals surface area contributed by atoms with E-state index in [0.717, 1.165) is 18.6 Å². The zero-order chi connectivity index (χ0) is 15.1. The second-order valence-electron chi connectivity index (χ2n) is 4.96. The van der Waals surface area contributed by atoms with Crippen molar-refractivity contribution in [2.24, 2.45) is 0 Å². The smallest absolute Gasteiger partial charge is 0.326 e. The maximum Gasteiger partial charge on any atom is 0.326 e. The second kappa shape index (κ2) is 7.88. The van der Waals surface area contributed by atoms with Crippen LogP contribution in [-0.2, 0) is 9.53 Å². The van der Waals surface area contributed by atoms with E-state index in [1.807, 2.05) is 31.2 Å². The van der Waals surface area contributed by atoms with Crippen molar-refractivity contribution < 1.29 is 19.0 Å². The van der Waals surface area contributed by atoms with Gasteiger partial charge in [0.2, 0.25) is 0 Å². The molecule has 5 heteroatoms. The Balaban J connectivity index is 1.85. The molecule has 2 rings (SSSR count). The lowest BCUT2D eigenvalue weighted by Crippen LogP contribution is -2.43. The fraction of sp³-hybridized carbons (Fsp3) is 0.562. The first-order chi connectivity index (χ1) is 10.2. The minimum atomic E-state index is -0.413. The third kappa shape index (κ3) is 5.27. The van der Waals surface area contributed by atoms with E-state index in [9.17, 15) is 4.79 Å². The van der Waals surface area contributed by atoms with Gasteiger partial charge in [0.1, 0.15) is 24.1 Å². The van der Waals surface area contributed by atoms with Crippen molar-refractivity contribution in [3.63, 3.8) is 0 Å². The molecule has 0 bridgehead atoms. The molecule has 1 N–H and O–H groups in total. The van der Waals surface area contributed by atoms with Crippen LogP contribution in [-0.4, -0.2) is 37.9 Å². The van der Waals surface area contributed by atoms with Gasteiger partial charge in [0.15, 0.2) is 0 Å². The molecule has 0 heterocycles.